The molecule has 2 aliphatic rings. The van der Waals surface area contributed by atoms with Crippen molar-refractivity contribution in [3.8, 4) is 5.75 Å². The molecule has 3 unspecified atom stereocenters. The van der Waals surface area contributed by atoms with E-state index in [0.717, 1.165) is 18.4 Å². The van der Waals surface area contributed by atoms with Gasteiger partial charge in [0.05, 0.1) is 12.2 Å². The highest BCUT2D eigenvalue weighted by Gasteiger charge is 2.33. The van der Waals surface area contributed by atoms with Gasteiger partial charge in [0, 0.05) is 12.8 Å². The molecule has 0 spiro atoms. The van der Waals surface area contributed by atoms with Crippen molar-refractivity contribution in [3.63, 3.8) is 0 Å². The van der Waals surface area contributed by atoms with Crippen LogP contribution in [-0.2, 0) is 20.7 Å². The summed E-state index contributed by atoms with van der Waals surface area (Å²) in [5.74, 6) is -0.0799. The third-order valence-corrected chi connectivity index (χ3v) is 5.05. The highest BCUT2D eigenvalue weighted by molar-refractivity contribution is 5.94. The largest absolute Gasteiger partial charge is 0.507 e. The van der Waals surface area contributed by atoms with Crippen LogP contribution in [0.2, 0.25) is 0 Å². The molecular weight excluding hydrogens is 332 g/mol. The van der Waals surface area contributed by atoms with Gasteiger partial charge in [-0.05, 0) is 49.8 Å². The number of allylic oxidation sites excluding steroid dienone is 1. The smallest absolute Gasteiger partial charge is 0.342 e. The van der Waals surface area contributed by atoms with E-state index in [1.54, 1.807) is 12.1 Å². The van der Waals surface area contributed by atoms with Crippen molar-refractivity contribution in [1.82, 2.24) is 0 Å². The summed E-state index contributed by atoms with van der Waals surface area (Å²) in [6.07, 6.45) is 6.42. The van der Waals surface area contributed by atoms with Gasteiger partial charge in [0.1, 0.15) is 17.4 Å². The summed E-state index contributed by atoms with van der Waals surface area (Å²) >= 11 is 0. The number of esters is 1. The van der Waals surface area contributed by atoms with Crippen LogP contribution in [0.1, 0.15) is 55.5 Å². The fourth-order valence-electron chi connectivity index (χ4n) is 3.98. The molecule has 2 heterocycles. The first-order valence-corrected chi connectivity index (χ1v) is 9.26. The van der Waals surface area contributed by atoms with Crippen LogP contribution in [0.4, 0.5) is 0 Å². The van der Waals surface area contributed by atoms with Gasteiger partial charge in [-0.2, -0.15) is 0 Å². The number of fused-ring (bicyclic) bond motifs is 3. The van der Waals surface area contributed by atoms with Crippen LogP contribution < -0.4 is 0 Å². The van der Waals surface area contributed by atoms with Gasteiger partial charge < -0.3 is 14.6 Å². The van der Waals surface area contributed by atoms with Crippen molar-refractivity contribution in [3.05, 3.63) is 41.5 Å². The first-order valence-electron chi connectivity index (χ1n) is 9.26. The molecule has 1 aromatic rings. The van der Waals surface area contributed by atoms with Crippen LogP contribution in [0.5, 0.6) is 5.75 Å². The minimum Gasteiger partial charge on any atom is -0.507 e. The first kappa shape index (κ1) is 18.6. The summed E-state index contributed by atoms with van der Waals surface area (Å²) in [6.45, 7) is 3.70. The third-order valence-electron chi connectivity index (χ3n) is 5.05. The number of hydrogen-bond donors (Lipinski definition) is 1. The maximum atomic E-state index is 12.7. The summed E-state index contributed by atoms with van der Waals surface area (Å²) < 4.78 is 12.0. The van der Waals surface area contributed by atoms with Gasteiger partial charge in [0.2, 0.25) is 0 Å². The lowest BCUT2D eigenvalue weighted by Gasteiger charge is -2.36. The highest BCUT2D eigenvalue weighted by Crippen LogP contribution is 2.33. The number of phenols is 1. The molecule has 4 atom stereocenters. The van der Waals surface area contributed by atoms with Crippen LogP contribution in [0.3, 0.4) is 0 Å². The molecule has 2 aliphatic heterocycles. The molecule has 5 nitrogen and oxygen atoms in total. The van der Waals surface area contributed by atoms with E-state index in [4.69, 9.17) is 9.47 Å². The van der Waals surface area contributed by atoms with Crippen LogP contribution >= 0.6 is 0 Å². The molecule has 5 heteroatoms. The van der Waals surface area contributed by atoms with Crippen molar-refractivity contribution in [2.24, 2.45) is 5.92 Å². The van der Waals surface area contributed by atoms with E-state index >= 15 is 0 Å². The molecule has 140 valence electrons. The van der Waals surface area contributed by atoms with Gasteiger partial charge in [0.15, 0.2) is 5.78 Å². The van der Waals surface area contributed by atoms with Crippen LogP contribution in [-0.4, -0.2) is 35.2 Å². The molecule has 0 aliphatic carbocycles. The lowest BCUT2D eigenvalue weighted by atomic mass is 9.87. The molecule has 0 saturated carbocycles. The van der Waals surface area contributed by atoms with Gasteiger partial charge >= 0.3 is 5.97 Å². The maximum absolute atomic E-state index is 12.7. The van der Waals surface area contributed by atoms with Crippen LogP contribution in [0.15, 0.2) is 30.4 Å². The average molecular weight is 358 g/mol. The van der Waals surface area contributed by atoms with E-state index in [9.17, 15) is 14.7 Å². The molecule has 1 fully saturated rings. The standard InChI is InChI=1S/C21H26O5/c1-13-9-17-11-15-6-4-8-19(23)20(15)21(24)26-16(7-3-5-14(2)22)12-18(10-13)25-17/h3-6,8,13,16-18,23H,7,9-12H2,1-2H3/b5-3+/t13?,16?,17?,18-/m1/s1. The predicted molar refractivity (Wildman–Crippen MR) is 97.1 cm³/mol. The first-order chi connectivity index (χ1) is 12.4. The normalized spacial score (nSPS) is 29.1. The number of hydrogen-bond acceptors (Lipinski definition) is 5. The Morgan fingerprint density at radius 1 is 1.27 bits per heavy atom. The Morgan fingerprint density at radius 3 is 2.81 bits per heavy atom. The van der Waals surface area contributed by atoms with E-state index in [2.05, 4.69) is 6.92 Å². The average Bonchev–Trinajstić information content (AvgIpc) is 2.53. The topological polar surface area (TPSA) is 72.8 Å². The van der Waals surface area contributed by atoms with E-state index in [0.29, 0.717) is 25.2 Å². The Hall–Kier alpha value is -2.14. The van der Waals surface area contributed by atoms with Crippen molar-refractivity contribution < 1.29 is 24.2 Å². The molecule has 3 rings (SSSR count). The van der Waals surface area contributed by atoms with Gasteiger partial charge in [-0.25, -0.2) is 4.79 Å². The second-order valence-corrected chi connectivity index (χ2v) is 7.48. The molecular formula is C21H26O5. The number of cyclic esters (lactones) is 1. The Labute approximate surface area is 154 Å². The summed E-state index contributed by atoms with van der Waals surface area (Å²) in [5, 5.41) is 10.2. The SMILES string of the molecule is CC(=O)/C=C/CC1C[C@H]2CC(C)CC(Cc3cccc(O)c3C(=O)O1)O2. The number of benzene rings is 1. The predicted octanol–water partition coefficient (Wildman–Crippen LogP) is 3.58. The minimum absolute atomic E-state index is 0.0311. The fourth-order valence-corrected chi connectivity index (χ4v) is 3.98. The Bertz CT molecular complexity index is 708. The zero-order valence-electron chi connectivity index (χ0n) is 15.3. The molecule has 1 saturated heterocycles. The lowest BCUT2D eigenvalue weighted by molar-refractivity contribution is -0.112. The van der Waals surface area contributed by atoms with Gasteiger partial charge in [-0.1, -0.05) is 25.1 Å². The van der Waals surface area contributed by atoms with Crippen LogP contribution in [0, 0.1) is 5.92 Å². The number of rotatable bonds is 3. The van der Waals surface area contributed by atoms with Gasteiger partial charge in [-0.15, -0.1) is 0 Å². The number of carbonyl (C=O) groups excluding carboxylic acids is 2. The number of phenolic OH excluding ortho intramolecular Hbond substituents is 1. The van der Waals surface area contributed by atoms with E-state index < -0.39 is 5.97 Å². The van der Waals surface area contributed by atoms with Crippen molar-refractivity contribution in [2.75, 3.05) is 0 Å². The van der Waals surface area contributed by atoms with Gasteiger partial charge in [-0.3, -0.25) is 4.79 Å². The maximum Gasteiger partial charge on any atom is 0.342 e. The van der Waals surface area contributed by atoms with Crippen molar-refractivity contribution >= 4 is 11.8 Å². The number of ketones is 1. The Kier molecular flexibility index (Phi) is 5.77. The monoisotopic (exact) mass is 358 g/mol. The van der Waals surface area contributed by atoms with Crippen molar-refractivity contribution in [2.45, 2.75) is 64.3 Å². The van der Waals surface area contributed by atoms with E-state index in [-0.39, 0.29) is 35.4 Å². The molecule has 0 aromatic heterocycles. The summed E-state index contributed by atoms with van der Waals surface area (Å²) in [6, 6.07) is 5.09. The van der Waals surface area contributed by atoms with Gasteiger partial charge in [0.25, 0.3) is 0 Å². The minimum atomic E-state index is -0.507. The Balaban J connectivity index is 1.91. The number of aromatic hydroxyl groups is 1. The Morgan fingerprint density at radius 2 is 2.04 bits per heavy atom. The summed E-state index contributed by atoms with van der Waals surface area (Å²) in [5.41, 5.74) is 0.987. The molecule has 0 radical (unpaired) electrons. The van der Waals surface area contributed by atoms with Crippen LogP contribution in [0.25, 0.3) is 0 Å². The molecule has 2 bridgehead atoms. The zero-order chi connectivity index (χ0) is 18.7. The van der Waals surface area contributed by atoms with Crippen molar-refractivity contribution in [1.29, 1.82) is 0 Å². The zero-order valence-corrected chi connectivity index (χ0v) is 15.3. The second-order valence-electron chi connectivity index (χ2n) is 7.48. The number of carbonyl (C=O) groups is 2. The van der Waals surface area contributed by atoms with E-state index in [1.807, 2.05) is 6.07 Å². The lowest BCUT2D eigenvalue weighted by Crippen LogP contribution is -2.37. The summed E-state index contributed by atoms with van der Waals surface area (Å²) in [4.78, 5) is 23.9. The number of ether oxygens (including phenoxy) is 2. The quantitative estimate of drug-likeness (QED) is 0.660. The molecule has 0 amide bonds. The second kappa shape index (κ2) is 8.04. The fraction of sp³-hybridized carbons (Fsp3) is 0.524. The molecule has 26 heavy (non-hydrogen) atoms. The highest BCUT2D eigenvalue weighted by atomic mass is 16.5. The summed E-state index contributed by atoms with van der Waals surface area (Å²) in [7, 11) is 0. The van der Waals surface area contributed by atoms with E-state index in [1.165, 1.54) is 19.1 Å². The molecule has 1 aromatic carbocycles. The molecule has 1 N–H and O–H groups in total. The third kappa shape index (κ3) is 4.52.